The van der Waals surface area contributed by atoms with Gasteiger partial charge in [-0.3, -0.25) is 14.5 Å². The number of alkyl halides is 3. The zero-order chi connectivity index (χ0) is 24.3. The summed E-state index contributed by atoms with van der Waals surface area (Å²) in [7, 11) is 1.56. The Labute approximate surface area is 198 Å². The lowest BCUT2D eigenvalue weighted by Gasteiger charge is -2.41. The van der Waals surface area contributed by atoms with Gasteiger partial charge >= 0.3 is 6.36 Å². The first-order chi connectivity index (χ1) is 16.2. The van der Waals surface area contributed by atoms with Crippen LogP contribution in [0.5, 0.6) is 11.5 Å². The molecule has 2 aromatic rings. The quantitative estimate of drug-likeness (QED) is 0.533. The van der Waals surface area contributed by atoms with Crippen LogP contribution in [0.2, 0.25) is 5.02 Å². The van der Waals surface area contributed by atoms with Crippen LogP contribution in [0.3, 0.4) is 0 Å². The number of ether oxygens (including phenoxy) is 5. The molecule has 12 heteroatoms. The third kappa shape index (κ3) is 5.07. The monoisotopic (exact) mass is 502 g/mol. The first-order valence-electron chi connectivity index (χ1n) is 10.4. The average molecular weight is 503 g/mol. The summed E-state index contributed by atoms with van der Waals surface area (Å²) in [5.74, 6) is 0.461. The molecule has 2 fully saturated rings. The third-order valence-electron chi connectivity index (χ3n) is 5.71. The smallest absolute Gasteiger partial charge is 0.495 e. The van der Waals surface area contributed by atoms with Crippen molar-refractivity contribution in [1.82, 2.24) is 9.88 Å². The molecule has 0 saturated carbocycles. The van der Waals surface area contributed by atoms with E-state index in [-0.39, 0.29) is 36.6 Å². The lowest BCUT2D eigenvalue weighted by Crippen LogP contribution is -2.54. The number of piperidine rings is 1. The summed E-state index contributed by atoms with van der Waals surface area (Å²) in [5.41, 5.74) is 0.119. The van der Waals surface area contributed by atoms with Gasteiger partial charge in [-0.2, -0.15) is 0 Å². The number of halogens is 4. The maximum atomic E-state index is 13.1. The predicted molar refractivity (Wildman–Crippen MR) is 113 cm³/mol. The molecule has 2 aliphatic rings. The van der Waals surface area contributed by atoms with Crippen molar-refractivity contribution in [3.63, 3.8) is 0 Å². The Balaban J connectivity index is 1.42. The standard InChI is InChI=1S/C22H22ClF3N2O6/c1-30-17-3-2-7-27-19(17)21-6-8-28(12-18(21)32-13-34-21)20(29)14-4-5-16(15(23)11-14)31-9-10-33-22(24,25)26/h2-5,7,11,18H,6,8-10,12-13H2,1H3/t18-,21+/m1/s1. The number of pyridine rings is 1. The van der Waals surface area contributed by atoms with E-state index < -0.39 is 24.7 Å². The molecule has 3 heterocycles. The molecule has 34 heavy (non-hydrogen) atoms. The minimum absolute atomic E-state index is 0.0718. The fourth-order valence-electron chi connectivity index (χ4n) is 4.11. The molecule has 0 bridgehead atoms. The van der Waals surface area contributed by atoms with Crippen molar-refractivity contribution in [3.05, 3.63) is 52.8 Å². The summed E-state index contributed by atoms with van der Waals surface area (Å²) in [6.45, 7) is -0.314. The molecule has 8 nitrogen and oxygen atoms in total. The topological polar surface area (TPSA) is 79.4 Å². The zero-order valence-electron chi connectivity index (χ0n) is 18.1. The fourth-order valence-corrected chi connectivity index (χ4v) is 4.35. The lowest BCUT2D eigenvalue weighted by atomic mass is 9.84. The van der Waals surface area contributed by atoms with E-state index in [1.165, 1.54) is 18.2 Å². The highest BCUT2D eigenvalue weighted by atomic mass is 35.5. The average Bonchev–Trinajstić information content (AvgIpc) is 3.25. The maximum absolute atomic E-state index is 13.1. The Morgan fingerprint density at radius 2 is 2.12 bits per heavy atom. The number of benzene rings is 1. The highest BCUT2D eigenvalue weighted by Gasteiger charge is 2.53. The van der Waals surface area contributed by atoms with Gasteiger partial charge in [-0.25, -0.2) is 0 Å². The van der Waals surface area contributed by atoms with E-state index in [0.717, 1.165) is 0 Å². The van der Waals surface area contributed by atoms with Crippen molar-refractivity contribution in [2.45, 2.75) is 24.5 Å². The molecular formula is C22H22ClF3N2O6. The Kier molecular flexibility index (Phi) is 7.17. The molecule has 2 atom stereocenters. The van der Waals surface area contributed by atoms with Crippen LogP contribution in [0.25, 0.3) is 0 Å². The van der Waals surface area contributed by atoms with Crippen LogP contribution in [0.15, 0.2) is 36.5 Å². The number of rotatable bonds is 7. The molecule has 1 aromatic carbocycles. The maximum Gasteiger partial charge on any atom is 0.522 e. The van der Waals surface area contributed by atoms with E-state index in [9.17, 15) is 18.0 Å². The van der Waals surface area contributed by atoms with Gasteiger partial charge in [-0.05, 0) is 30.3 Å². The number of carbonyl (C=O) groups excluding carboxylic acids is 1. The van der Waals surface area contributed by atoms with Gasteiger partial charge in [0.25, 0.3) is 5.91 Å². The second-order valence-corrected chi connectivity index (χ2v) is 8.06. The number of nitrogens with zero attached hydrogens (tertiary/aromatic N) is 2. The number of aromatic nitrogens is 1. The summed E-state index contributed by atoms with van der Waals surface area (Å²) in [5, 5.41) is 0.0999. The van der Waals surface area contributed by atoms with E-state index in [2.05, 4.69) is 9.72 Å². The molecule has 4 rings (SSSR count). The summed E-state index contributed by atoms with van der Waals surface area (Å²) in [6.07, 6.45) is -3.07. The van der Waals surface area contributed by atoms with Crippen LogP contribution in [0, 0.1) is 0 Å². The molecule has 2 aliphatic heterocycles. The Hall–Kier alpha value is -2.60. The number of hydrogen-bond acceptors (Lipinski definition) is 7. The zero-order valence-corrected chi connectivity index (χ0v) is 18.9. The normalized spacial score (nSPS) is 22.4. The number of carbonyl (C=O) groups is 1. The Morgan fingerprint density at radius 1 is 1.29 bits per heavy atom. The van der Waals surface area contributed by atoms with Crippen molar-refractivity contribution in [2.24, 2.45) is 0 Å². The molecule has 0 spiro atoms. The van der Waals surface area contributed by atoms with Crippen LogP contribution in [0.4, 0.5) is 13.2 Å². The number of methoxy groups -OCH3 is 1. The molecule has 1 aromatic heterocycles. The SMILES string of the molecule is COc1cccnc1[C@]12CCN(C(=O)c3ccc(OCCOC(F)(F)F)c(Cl)c3)C[C@H]1OCO2. The Morgan fingerprint density at radius 3 is 2.85 bits per heavy atom. The molecule has 0 radical (unpaired) electrons. The van der Waals surface area contributed by atoms with Gasteiger partial charge in [-0.15, -0.1) is 13.2 Å². The van der Waals surface area contributed by atoms with Crippen molar-refractivity contribution < 1.29 is 41.7 Å². The van der Waals surface area contributed by atoms with Gasteiger partial charge in [0, 0.05) is 24.7 Å². The van der Waals surface area contributed by atoms with Crippen LogP contribution in [-0.4, -0.2) is 68.5 Å². The molecule has 2 saturated heterocycles. The molecule has 0 N–H and O–H groups in total. The van der Waals surface area contributed by atoms with Crippen LogP contribution in [-0.2, 0) is 19.8 Å². The van der Waals surface area contributed by atoms with Gasteiger partial charge in [0.2, 0.25) is 0 Å². The number of hydrogen-bond donors (Lipinski definition) is 0. The lowest BCUT2D eigenvalue weighted by molar-refractivity contribution is -0.325. The predicted octanol–water partition coefficient (Wildman–Crippen LogP) is 3.77. The first kappa shape index (κ1) is 24.5. The summed E-state index contributed by atoms with van der Waals surface area (Å²) in [6, 6.07) is 7.92. The first-order valence-corrected chi connectivity index (χ1v) is 10.8. The molecule has 0 unspecified atom stereocenters. The van der Waals surface area contributed by atoms with Crippen molar-refractivity contribution in [1.29, 1.82) is 0 Å². The van der Waals surface area contributed by atoms with Gasteiger partial charge in [0.15, 0.2) is 0 Å². The van der Waals surface area contributed by atoms with E-state index in [1.807, 2.05) is 0 Å². The molecule has 184 valence electrons. The fraction of sp³-hybridized carbons (Fsp3) is 0.455. The highest BCUT2D eigenvalue weighted by molar-refractivity contribution is 6.32. The molecular weight excluding hydrogens is 481 g/mol. The van der Waals surface area contributed by atoms with E-state index >= 15 is 0 Å². The third-order valence-corrected chi connectivity index (χ3v) is 6.00. The van der Waals surface area contributed by atoms with Crippen LogP contribution >= 0.6 is 11.6 Å². The van der Waals surface area contributed by atoms with Gasteiger partial charge in [0.05, 0.1) is 25.3 Å². The van der Waals surface area contributed by atoms with Gasteiger partial charge < -0.3 is 23.8 Å². The van der Waals surface area contributed by atoms with Crippen molar-refractivity contribution >= 4 is 17.5 Å². The minimum atomic E-state index is -4.73. The van der Waals surface area contributed by atoms with E-state index in [1.54, 1.807) is 30.3 Å². The van der Waals surface area contributed by atoms with Crippen LogP contribution in [0.1, 0.15) is 22.5 Å². The molecule has 0 aliphatic carbocycles. The summed E-state index contributed by atoms with van der Waals surface area (Å²) < 4.78 is 62.3. The van der Waals surface area contributed by atoms with Crippen molar-refractivity contribution in [2.75, 3.05) is 40.2 Å². The Bertz CT molecular complexity index is 1040. The second-order valence-electron chi connectivity index (χ2n) is 7.65. The number of likely N-dealkylation sites (tertiary alicyclic amines) is 1. The van der Waals surface area contributed by atoms with Crippen molar-refractivity contribution in [3.8, 4) is 11.5 Å². The van der Waals surface area contributed by atoms with E-state index in [0.29, 0.717) is 30.0 Å². The highest BCUT2D eigenvalue weighted by Crippen LogP contribution is 2.45. The van der Waals surface area contributed by atoms with Crippen LogP contribution < -0.4 is 9.47 Å². The van der Waals surface area contributed by atoms with Gasteiger partial charge in [-0.1, -0.05) is 11.6 Å². The summed E-state index contributed by atoms with van der Waals surface area (Å²) in [4.78, 5) is 19.2. The minimum Gasteiger partial charge on any atom is -0.495 e. The molecule has 1 amide bonds. The number of amides is 1. The van der Waals surface area contributed by atoms with Gasteiger partial charge in [0.1, 0.15) is 42.3 Å². The largest absolute Gasteiger partial charge is 0.522 e. The van der Waals surface area contributed by atoms with E-state index in [4.69, 9.17) is 30.5 Å². The number of fused-ring (bicyclic) bond motifs is 1. The second kappa shape index (κ2) is 9.95. The summed E-state index contributed by atoms with van der Waals surface area (Å²) >= 11 is 6.18.